The number of nitrogens with two attached hydrogens (primary N) is 1. The quantitative estimate of drug-likeness (QED) is 0.717. The molecule has 5 heteroatoms. The Balaban J connectivity index is 2.52. The zero-order chi connectivity index (χ0) is 15.7. The van der Waals surface area contributed by atoms with Crippen molar-refractivity contribution >= 4 is 17.9 Å². The van der Waals surface area contributed by atoms with Crippen LogP contribution in [0.1, 0.15) is 32.3 Å². The SMILES string of the molecule is CCC(CC)NC(=O)/C=C/c1ccc(OCC(N)=O)cc1. The van der Waals surface area contributed by atoms with E-state index in [-0.39, 0.29) is 18.6 Å². The lowest BCUT2D eigenvalue weighted by molar-refractivity contribution is -0.120. The van der Waals surface area contributed by atoms with Crippen LogP contribution in [-0.4, -0.2) is 24.5 Å². The molecular weight excluding hydrogens is 268 g/mol. The van der Waals surface area contributed by atoms with E-state index in [1.165, 1.54) is 6.08 Å². The molecule has 5 nitrogen and oxygen atoms in total. The topological polar surface area (TPSA) is 81.4 Å². The molecule has 3 N–H and O–H groups in total. The molecule has 0 atom stereocenters. The highest BCUT2D eigenvalue weighted by Gasteiger charge is 2.04. The lowest BCUT2D eigenvalue weighted by atomic mass is 10.1. The van der Waals surface area contributed by atoms with Gasteiger partial charge in [0.05, 0.1) is 0 Å². The second-order valence-corrected chi connectivity index (χ2v) is 4.68. The smallest absolute Gasteiger partial charge is 0.255 e. The lowest BCUT2D eigenvalue weighted by Gasteiger charge is -2.12. The number of primary amides is 1. The molecule has 0 heterocycles. The van der Waals surface area contributed by atoms with E-state index in [9.17, 15) is 9.59 Å². The summed E-state index contributed by atoms with van der Waals surface area (Å²) in [7, 11) is 0. The largest absolute Gasteiger partial charge is 0.484 e. The number of carbonyl (C=O) groups excluding carboxylic acids is 2. The number of rotatable bonds is 8. The summed E-state index contributed by atoms with van der Waals surface area (Å²) < 4.78 is 5.15. The summed E-state index contributed by atoms with van der Waals surface area (Å²) in [6, 6.07) is 7.27. The molecule has 114 valence electrons. The monoisotopic (exact) mass is 290 g/mol. The summed E-state index contributed by atoms with van der Waals surface area (Å²) >= 11 is 0. The van der Waals surface area contributed by atoms with Crippen LogP contribution in [0.2, 0.25) is 0 Å². The van der Waals surface area contributed by atoms with Gasteiger partial charge >= 0.3 is 0 Å². The standard InChI is InChI=1S/C16H22N2O3/c1-3-13(4-2)18-16(20)10-7-12-5-8-14(9-6-12)21-11-15(17)19/h5-10,13H,3-4,11H2,1-2H3,(H2,17,19)(H,18,20)/b10-7+. The van der Waals surface area contributed by atoms with Crippen LogP contribution in [0, 0.1) is 0 Å². The third-order valence-electron chi connectivity index (χ3n) is 3.02. The first-order chi connectivity index (χ1) is 10.0. The summed E-state index contributed by atoms with van der Waals surface area (Å²) in [5.41, 5.74) is 5.87. The first-order valence-electron chi connectivity index (χ1n) is 7.04. The Bertz CT molecular complexity index is 491. The molecule has 0 radical (unpaired) electrons. The van der Waals surface area contributed by atoms with Crippen LogP contribution in [-0.2, 0) is 9.59 Å². The minimum absolute atomic E-state index is 0.0993. The predicted octanol–water partition coefficient (Wildman–Crippen LogP) is 1.87. The average molecular weight is 290 g/mol. The first kappa shape index (κ1) is 16.8. The fourth-order valence-electron chi connectivity index (χ4n) is 1.74. The highest BCUT2D eigenvalue weighted by molar-refractivity contribution is 5.91. The molecule has 1 aromatic carbocycles. The van der Waals surface area contributed by atoms with E-state index >= 15 is 0 Å². The van der Waals surface area contributed by atoms with E-state index in [4.69, 9.17) is 10.5 Å². The molecule has 0 fully saturated rings. The zero-order valence-electron chi connectivity index (χ0n) is 12.5. The van der Waals surface area contributed by atoms with Crippen molar-refractivity contribution in [3.05, 3.63) is 35.9 Å². The van der Waals surface area contributed by atoms with Gasteiger partial charge in [-0.2, -0.15) is 0 Å². The normalized spacial score (nSPS) is 10.8. The Labute approximate surface area is 125 Å². The van der Waals surface area contributed by atoms with Gasteiger partial charge in [0.1, 0.15) is 5.75 Å². The van der Waals surface area contributed by atoms with E-state index in [0.717, 1.165) is 18.4 Å². The van der Waals surface area contributed by atoms with Gasteiger partial charge in [0.2, 0.25) is 5.91 Å². The van der Waals surface area contributed by atoms with E-state index in [0.29, 0.717) is 5.75 Å². The number of hydrogen-bond acceptors (Lipinski definition) is 3. The highest BCUT2D eigenvalue weighted by Crippen LogP contribution is 2.13. The molecule has 0 saturated carbocycles. The van der Waals surface area contributed by atoms with E-state index in [2.05, 4.69) is 5.32 Å². The Morgan fingerprint density at radius 3 is 2.38 bits per heavy atom. The van der Waals surface area contributed by atoms with Gasteiger partial charge in [-0.05, 0) is 36.6 Å². The Morgan fingerprint density at radius 2 is 1.86 bits per heavy atom. The first-order valence-corrected chi connectivity index (χ1v) is 7.04. The van der Waals surface area contributed by atoms with Gasteiger partial charge in [-0.3, -0.25) is 9.59 Å². The van der Waals surface area contributed by atoms with Gasteiger partial charge in [0.25, 0.3) is 5.91 Å². The molecule has 0 bridgehead atoms. The second-order valence-electron chi connectivity index (χ2n) is 4.68. The minimum atomic E-state index is -0.517. The molecule has 0 unspecified atom stereocenters. The minimum Gasteiger partial charge on any atom is -0.484 e. The molecule has 2 amide bonds. The number of amides is 2. The molecular formula is C16H22N2O3. The lowest BCUT2D eigenvalue weighted by Crippen LogP contribution is -2.32. The third kappa shape index (κ3) is 6.61. The number of nitrogens with one attached hydrogen (secondary N) is 1. The Kier molecular flexibility index (Phi) is 7.01. The van der Waals surface area contributed by atoms with Crippen molar-refractivity contribution < 1.29 is 14.3 Å². The fourth-order valence-corrected chi connectivity index (χ4v) is 1.74. The fraction of sp³-hybridized carbons (Fsp3) is 0.375. The number of benzene rings is 1. The molecule has 21 heavy (non-hydrogen) atoms. The van der Waals surface area contributed by atoms with Crippen molar-refractivity contribution in [2.24, 2.45) is 5.73 Å². The van der Waals surface area contributed by atoms with Crippen LogP contribution in [0.5, 0.6) is 5.75 Å². The molecule has 0 aliphatic rings. The van der Waals surface area contributed by atoms with Crippen molar-refractivity contribution in [2.75, 3.05) is 6.61 Å². The maximum absolute atomic E-state index is 11.7. The van der Waals surface area contributed by atoms with Crippen LogP contribution in [0.4, 0.5) is 0 Å². The number of hydrogen-bond donors (Lipinski definition) is 2. The van der Waals surface area contributed by atoms with Crippen molar-refractivity contribution in [3.8, 4) is 5.75 Å². The van der Waals surface area contributed by atoms with Gasteiger partial charge in [-0.1, -0.05) is 26.0 Å². The summed E-state index contributed by atoms with van der Waals surface area (Å²) in [4.78, 5) is 22.3. The maximum Gasteiger partial charge on any atom is 0.255 e. The van der Waals surface area contributed by atoms with Crippen molar-refractivity contribution in [3.63, 3.8) is 0 Å². The van der Waals surface area contributed by atoms with Crippen LogP contribution < -0.4 is 15.8 Å². The van der Waals surface area contributed by atoms with E-state index in [1.54, 1.807) is 30.3 Å². The molecule has 1 aromatic rings. The van der Waals surface area contributed by atoms with Gasteiger partial charge in [-0.25, -0.2) is 0 Å². The van der Waals surface area contributed by atoms with Crippen molar-refractivity contribution in [1.82, 2.24) is 5.32 Å². The molecule has 0 spiro atoms. The zero-order valence-corrected chi connectivity index (χ0v) is 12.5. The Morgan fingerprint density at radius 1 is 1.24 bits per heavy atom. The summed E-state index contributed by atoms with van der Waals surface area (Å²) in [6.07, 6.45) is 5.08. The molecule has 0 aliphatic carbocycles. The number of ether oxygens (including phenoxy) is 1. The van der Waals surface area contributed by atoms with E-state index in [1.807, 2.05) is 13.8 Å². The predicted molar refractivity (Wildman–Crippen MR) is 82.7 cm³/mol. The maximum atomic E-state index is 11.7. The van der Waals surface area contributed by atoms with Crippen molar-refractivity contribution in [1.29, 1.82) is 0 Å². The van der Waals surface area contributed by atoms with Gasteiger partial charge in [-0.15, -0.1) is 0 Å². The second kappa shape index (κ2) is 8.79. The Hall–Kier alpha value is -2.30. The van der Waals surface area contributed by atoms with Crippen LogP contribution in [0.3, 0.4) is 0 Å². The molecule has 0 aromatic heterocycles. The van der Waals surface area contributed by atoms with Crippen LogP contribution in [0.15, 0.2) is 30.3 Å². The molecule has 0 saturated heterocycles. The van der Waals surface area contributed by atoms with Gasteiger partial charge in [0.15, 0.2) is 6.61 Å². The summed E-state index contributed by atoms with van der Waals surface area (Å²) in [6.45, 7) is 3.94. The van der Waals surface area contributed by atoms with Crippen LogP contribution in [0.25, 0.3) is 6.08 Å². The van der Waals surface area contributed by atoms with Crippen LogP contribution >= 0.6 is 0 Å². The third-order valence-corrected chi connectivity index (χ3v) is 3.02. The van der Waals surface area contributed by atoms with E-state index < -0.39 is 5.91 Å². The molecule has 1 rings (SSSR count). The van der Waals surface area contributed by atoms with Gasteiger partial charge in [0, 0.05) is 12.1 Å². The summed E-state index contributed by atoms with van der Waals surface area (Å²) in [5, 5.41) is 2.93. The average Bonchev–Trinajstić information content (AvgIpc) is 2.49. The van der Waals surface area contributed by atoms with Gasteiger partial charge < -0.3 is 15.8 Å². The number of carbonyl (C=O) groups is 2. The molecule has 0 aliphatic heterocycles. The highest BCUT2D eigenvalue weighted by atomic mass is 16.5. The van der Waals surface area contributed by atoms with Crippen molar-refractivity contribution in [2.45, 2.75) is 32.7 Å². The summed E-state index contributed by atoms with van der Waals surface area (Å²) in [5.74, 6) is -0.0535.